The van der Waals surface area contributed by atoms with Gasteiger partial charge in [0.05, 0.1) is 10.6 Å². The summed E-state index contributed by atoms with van der Waals surface area (Å²) in [4.78, 5) is 14.5. The normalized spacial score (nSPS) is 10.2. The van der Waals surface area contributed by atoms with Crippen LogP contribution in [0.4, 0.5) is 10.7 Å². The standard InChI is InChI=1S/C14H21N3OS/c1-4-7-8-17(6-3)14-10(9-15)12(16)13(19-14)11(18)5-2/h4-8,16H2,1-3H3. The maximum absolute atomic E-state index is 11.8. The van der Waals surface area contributed by atoms with E-state index in [9.17, 15) is 10.1 Å². The molecule has 0 fully saturated rings. The van der Waals surface area contributed by atoms with Crippen LogP contribution in [-0.4, -0.2) is 18.9 Å². The molecule has 5 heteroatoms. The zero-order valence-corrected chi connectivity index (χ0v) is 12.6. The number of ketones is 1. The van der Waals surface area contributed by atoms with Crippen molar-refractivity contribution in [2.75, 3.05) is 23.7 Å². The summed E-state index contributed by atoms with van der Waals surface area (Å²) in [6.45, 7) is 7.69. The SMILES string of the molecule is CCCCN(CC)c1sc(C(=O)CC)c(N)c1C#N. The van der Waals surface area contributed by atoms with Crippen LogP contribution >= 0.6 is 11.3 Å². The molecule has 2 N–H and O–H groups in total. The molecule has 1 rings (SSSR count). The van der Waals surface area contributed by atoms with Crippen molar-refractivity contribution in [3.05, 3.63) is 10.4 Å². The monoisotopic (exact) mass is 279 g/mol. The van der Waals surface area contributed by atoms with Crippen LogP contribution < -0.4 is 10.6 Å². The second-order valence-electron chi connectivity index (χ2n) is 4.35. The summed E-state index contributed by atoms with van der Waals surface area (Å²) in [6.07, 6.45) is 2.57. The van der Waals surface area contributed by atoms with E-state index in [0.29, 0.717) is 22.5 Å². The highest BCUT2D eigenvalue weighted by Gasteiger charge is 2.22. The number of carbonyl (C=O) groups is 1. The fraction of sp³-hybridized carbons (Fsp3) is 0.571. The molecule has 1 heterocycles. The van der Waals surface area contributed by atoms with E-state index in [4.69, 9.17) is 5.73 Å². The van der Waals surface area contributed by atoms with Gasteiger partial charge in [0, 0.05) is 19.5 Å². The Bertz CT molecular complexity index is 488. The lowest BCUT2D eigenvalue weighted by Gasteiger charge is -2.21. The number of nitriles is 1. The number of hydrogen-bond acceptors (Lipinski definition) is 5. The Morgan fingerprint density at radius 1 is 1.42 bits per heavy atom. The van der Waals surface area contributed by atoms with Crippen LogP contribution in [0.15, 0.2) is 0 Å². The minimum Gasteiger partial charge on any atom is -0.396 e. The number of nitrogen functional groups attached to an aromatic ring is 1. The Kier molecular flexibility index (Phi) is 5.84. The molecule has 0 bridgehead atoms. The molecule has 0 spiro atoms. The summed E-state index contributed by atoms with van der Waals surface area (Å²) in [7, 11) is 0. The fourth-order valence-corrected chi connectivity index (χ4v) is 3.15. The third-order valence-electron chi connectivity index (χ3n) is 3.06. The predicted molar refractivity (Wildman–Crippen MR) is 80.9 cm³/mol. The van der Waals surface area contributed by atoms with Crippen molar-refractivity contribution in [1.82, 2.24) is 0 Å². The molecule has 0 unspecified atom stereocenters. The highest BCUT2D eigenvalue weighted by molar-refractivity contribution is 7.19. The molecule has 0 aliphatic heterocycles. The first-order valence-corrected chi connectivity index (χ1v) is 7.52. The van der Waals surface area contributed by atoms with Crippen molar-refractivity contribution in [3.8, 4) is 6.07 Å². The quantitative estimate of drug-likeness (QED) is 0.776. The first-order chi connectivity index (χ1) is 9.10. The van der Waals surface area contributed by atoms with Crippen LogP contribution in [0.5, 0.6) is 0 Å². The number of thiophene rings is 1. The molecular formula is C14H21N3OS. The van der Waals surface area contributed by atoms with Gasteiger partial charge >= 0.3 is 0 Å². The second-order valence-corrected chi connectivity index (χ2v) is 5.35. The third-order valence-corrected chi connectivity index (χ3v) is 4.37. The highest BCUT2D eigenvalue weighted by Crippen LogP contribution is 2.38. The molecule has 0 aliphatic carbocycles. The van der Waals surface area contributed by atoms with Crippen molar-refractivity contribution in [1.29, 1.82) is 5.26 Å². The zero-order chi connectivity index (χ0) is 14.4. The molecule has 0 saturated carbocycles. The lowest BCUT2D eigenvalue weighted by atomic mass is 10.2. The van der Waals surface area contributed by atoms with E-state index in [1.165, 1.54) is 11.3 Å². The summed E-state index contributed by atoms with van der Waals surface area (Å²) in [6, 6.07) is 2.15. The molecule has 104 valence electrons. The number of anilines is 2. The molecule has 19 heavy (non-hydrogen) atoms. The van der Waals surface area contributed by atoms with Crippen LogP contribution in [0.3, 0.4) is 0 Å². The van der Waals surface area contributed by atoms with Crippen molar-refractivity contribution in [2.45, 2.75) is 40.0 Å². The van der Waals surface area contributed by atoms with Gasteiger partial charge in [-0.15, -0.1) is 11.3 Å². The smallest absolute Gasteiger partial charge is 0.174 e. The van der Waals surface area contributed by atoms with Gasteiger partial charge in [0.1, 0.15) is 16.6 Å². The molecule has 0 aromatic carbocycles. The van der Waals surface area contributed by atoms with Gasteiger partial charge in [0.15, 0.2) is 5.78 Å². The first kappa shape index (κ1) is 15.5. The molecule has 0 saturated heterocycles. The van der Waals surface area contributed by atoms with E-state index in [1.54, 1.807) is 0 Å². The lowest BCUT2D eigenvalue weighted by Crippen LogP contribution is -2.23. The number of unbranched alkanes of at least 4 members (excludes halogenated alkanes) is 1. The van der Waals surface area contributed by atoms with Gasteiger partial charge in [-0.3, -0.25) is 4.79 Å². The molecule has 1 aromatic heterocycles. The topological polar surface area (TPSA) is 70.1 Å². The number of carbonyl (C=O) groups excluding carboxylic acids is 1. The third kappa shape index (κ3) is 3.27. The van der Waals surface area contributed by atoms with E-state index < -0.39 is 0 Å². The van der Waals surface area contributed by atoms with Crippen molar-refractivity contribution >= 4 is 27.8 Å². The van der Waals surface area contributed by atoms with E-state index >= 15 is 0 Å². The van der Waals surface area contributed by atoms with Gasteiger partial charge in [0.25, 0.3) is 0 Å². The summed E-state index contributed by atoms with van der Waals surface area (Å²) >= 11 is 1.36. The van der Waals surface area contributed by atoms with Gasteiger partial charge in [-0.2, -0.15) is 5.26 Å². The number of nitrogens with zero attached hydrogens (tertiary/aromatic N) is 2. The largest absolute Gasteiger partial charge is 0.396 e. The Labute approximate surface area is 118 Å². The van der Waals surface area contributed by atoms with Crippen molar-refractivity contribution < 1.29 is 4.79 Å². The molecule has 1 aromatic rings. The predicted octanol–water partition coefficient (Wildman–Crippen LogP) is 3.42. The van der Waals surface area contributed by atoms with Crippen LogP contribution in [0.25, 0.3) is 0 Å². The van der Waals surface area contributed by atoms with E-state index in [-0.39, 0.29) is 5.78 Å². The summed E-state index contributed by atoms with van der Waals surface area (Å²) in [5.74, 6) is 0.0109. The first-order valence-electron chi connectivity index (χ1n) is 6.71. The van der Waals surface area contributed by atoms with Crippen LogP contribution in [0.1, 0.15) is 55.3 Å². The van der Waals surface area contributed by atoms with E-state index in [2.05, 4.69) is 17.9 Å². The molecule has 4 nitrogen and oxygen atoms in total. The Hall–Kier alpha value is -1.54. The summed E-state index contributed by atoms with van der Waals surface area (Å²) in [5, 5.41) is 10.1. The summed E-state index contributed by atoms with van der Waals surface area (Å²) < 4.78 is 0. The lowest BCUT2D eigenvalue weighted by molar-refractivity contribution is 0.0993. The fourth-order valence-electron chi connectivity index (χ4n) is 1.88. The molecule has 0 atom stereocenters. The van der Waals surface area contributed by atoms with E-state index in [1.807, 2.05) is 13.8 Å². The highest BCUT2D eigenvalue weighted by atomic mass is 32.1. The van der Waals surface area contributed by atoms with E-state index in [0.717, 1.165) is 30.9 Å². The molecular weight excluding hydrogens is 258 g/mol. The maximum Gasteiger partial charge on any atom is 0.174 e. The summed E-state index contributed by atoms with van der Waals surface area (Å²) in [5.41, 5.74) is 6.76. The minimum atomic E-state index is 0.0109. The van der Waals surface area contributed by atoms with Gasteiger partial charge in [-0.1, -0.05) is 20.3 Å². The molecule has 0 amide bonds. The van der Waals surface area contributed by atoms with Crippen LogP contribution in [0, 0.1) is 11.3 Å². The minimum absolute atomic E-state index is 0.0109. The zero-order valence-electron chi connectivity index (χ0n) is 11.8. The van der Waals surface area contributed by atoms with Crippen molar-refractivity contribution in [2.24, 2.45) is 0 Å². The van der Waals surface area contributed by atoms with Gasteiger partial charge in [-0.25, -0.2) is 0 Å². The average Bonchev–Trinajstić information content (AvgIpc) is 2.76. The Balaban J connectivity index is 3.19. The number of Topliss-reactive ketones (excluding diaryl/α,β-unsaturated/α-hetero) is 1. The van der Waals surface area contributed by atoms with Crippen LogP contribution in [0.2, 0.25) is 0 Å². The van der Waals surface area contributed by atoms with Crippen LogP contribution in [-0.2, 0) is 0 Å². The Morgan fingerprint density at radius 2 is 2.11 bits per heavy atom. The number of rotatable bonds is 7. The Morgan fingerprint density at radius 3 is 2.58 bits per heavy atom. The number of hydrogen-bond donors (Lipinski definition) is 1. The number of nitrogens with two attached hydrogens (primary N) is 1. The molecule has 0 aliphatic rings. The van der Waals surface area contributed by atoms with Crippen molar-refractivity contribution in [3.63, 3.8) is 0 Å². The second kappa shape index (κ2) is 7.15. The maximum atomic E-state index is 11.8. The van der Waals surface area contributed by atoms with Gasteiger partial charge in [0.2, 0.25) is 0 Å². The van der Waals surface area contributed by atoms with Gasteiger partial charge in [-0.05, 0) is 13.3 Å². The molecule has 0 radical (unpaired) electrons. The average molecular weight is 279 g/mol. The van der Waals surface area contributed by atoms with Gasteiger partial charge < -0.3 is 10.6 Å².